The van der Waals surface area contributed by atoms with Gasteiger partial charge in [-0.05, 0) is 30.7 Å². The standard InChI is InChI=1S/C20H26N2O3/c1-21-12-17(16-5-3-4-6-18(16)21)19(23)22-9-7-20(8-10-22)11-15(13-24-2)25-14-20/h3-6,12,15H,7-11,13-14H2,1-2H3/t15-/m1/s1. The number of carbonyl (C=O) groups is 1. The lowest BCUT2D eigenvalue weighted by Crippen LogP contribution is -2.43. The number of amides is 1. The van der Waals surface area contributed by atoms with Gasteiger partial charge in [0.2, 0.25) is 0 Å². The summed E-state index contributed by atoms with van der Waals surface area (Å²) in [6, 6.07) is 8.10. The third-order valence-electron chi connectivity index (χ3n) is 5.88. The largest absolute Gasteiger partial charge is 0.382 e. The van der Waals surface area contributed by atoms with Crippen LogP contribution in [0.4, 0.5) is 0 Å². The van der Waals surface area contributed by atoms with Gasteiger partial charge in [-0.1, -0.05) is 18.2 Å². The first-order chi connectivity index (χ1) is 12.1. The SMILES string of the molecule is COC[C@H]1CC2(CCN(C(=O)c3cn(C)c4ccccc34)CC2)CO1. The van der Waals surface area contributed by atoms with Crippen LogP contribution in [0.5, 0.6) is 0 Å². The molecular weight excluding hydrogens is 316 g/mol. The minimum atomic E-state index is 0.152. The van der Waals surface area contributed by atoms with Gasteiger partial charge in [-0.25, -0.2) is 0 Å². The normalized spacial score (nSPS) is 22.8. The highest BCUT2D eigenvalue weighted by molar-refractivity contribution is 6.07. The number of hydrogen-bond donors (Lipinski definition) is 0. The second kappa shape index (κ2) is 6.46. The van der Waals surface area contributed by atoms with Crippen molar-refractivity contribution in [2.45, 2.75) is 25.4 Å². The fourth-order valence-corrected chi connectivity index (χ4v) is 4.40. The molecular formula is C20H26N2O3. The van der Waals surface area contributed by atoms with Crippen LogP contribution < -0.4 is 0 Å². The summed E-state index contributed by atoms with van der Waals surface area (Å²) in [5.74, 6) is 0.152. The predicted octanol–water partition coefficient (Wildman–Crippen LogP) is 2.84. The zero-order valence-electron chi connectivity index (χ0n) is 15.0. The summed E-state index contributed by atoms with van der Waals surface area (Å²) < 4.78 is 13.2. The maximum Gasteiger partial charge on any atom is 0.256 e. The monoisotopic (exact) mass is 342 g/mol. The van der Waals surface area contributed by atoms with E-state index in [4.69, 9.17) is 9.47 Å². The molecule has 1 aromatic heterocycles. The summed E-state index contributed by atoms with van der Waals surface area (Å²) in [6.45, 7) is 3.09. The Hall–Kier alpha value is -1.85. The summed E-state index contributed by atoms with van der Waals surface area (Å²) >= 11 is 0. The number of nitrogens with zero attached hydrogens (tertiary/aromatic N) is 2. The average Bonchev–Trinajstić information content (AvgIpc) is 3.18. The van der Waals surface area contributed by atoms with Crippen molar-refractivity contribution in [2.24, 2.45) is 12.5 Å². The Kier molecular flexibility index (Phi) is 4.29. The highest BCUT2D eigenvalue weighted by atomic mass is 16.5. The first-order valence-corrected chi connectivity index (χ1v) is 9.06. The van der Waals surface area contributed by atoms with Gasteiger partial charge in [0, 0.05) is 44.3 Å². The summed E-state index contributed by atoms with van der Waals surface area (Å²) in [6.07, 6.45) is 5.26. The molecule has 0 unspecified atom stereocenters. The topological polar surface area (TPSA) is 43.7 Å². The molecule has 2 fully saturated rings. The van der Waals surface area contributed by atoms with Crippen molar-refractivity contribution in [3.63, 3.8) is 0 Å². The third-order valence-corrected chi connectivity index (χ3v) is 5.88. The number of methoxy groups -OCH3 is 1. The zero-order chi connectivity index (χ0) is 17.4. The molecule has 2 aliphatic heterocycles. The van der Waals surface area contributed by atoms with E-state index >= 15 is 0 Å². The molecule has 0 radical (unpaired) electrons. The molecule has 25 heavy (non-hydrogen) atoms. The molecule has 1 spiro atoms. The molecule has 0 N–H and O–H groups in total. The van der Waals surface area contributed by atoms with E-state index in [-0.39, 0.29) is 17.4 Å². The van der Waals surface area contributed by atoms with Crippen LogP contribution >= 0.6 is 0 Å². The van der Waals surface area contributed by atoms with E-state index in [2.05, 4.69) is 6.07 Å². The fourth-order valence-electron chi connectivity index (χ4n) is 4.40. The number of ether oxygens (including phenoxy) is 2. The van der Waals surface area contributed by atoms with Crippen molar-refractivity contribution in [3.8, 4) is 0 Å². The van der Waals surface area contributed by atoms with E-state index in [0.29, 0.717) is 6.61 Å². The summed E-state index contributed by atoms with van der Waals surface area (Å²) in [7, 11) is 3.72. The molecule has 1 atom stereocenters. The molecule has 2 saturated heterocycles. The Morgan fingerprint density at radius 1 is 1.32 bits per heavy atom. The van der Waals surface area contributed by atoms with E-state index in [0.717, 1.165) is 55.4 Å². The number of piperidine rings is 1. The van der Waals surface area contributed by atoms with Gasteiger partial charge in [0.05, 0.1) is 24.9 Å². The summed E-state index contributed by atoms with van der Waals surface area (Å²) in [5, 5.41) is 1.04. The third kappa shape index (κ3) is 2.96. The van der Waals surface area contributed by atoms with Gasteiger partial charge >= 0.3 is 0 Å². The van der Waals surface area contributed by atoms with Crippen LogP contribution in [0.1, 0.15) is 29.6 Å². The van der Waals surface area contributed by atoms with Crippen LogP contribution in [-0.4, -0.2) is 54.9 Å². The quantitative estimate of drug-likeness (QED) is 0.861. The molecule has 4 rings (SSSR count). The molecule has 0 saturated carbocycles. The first kappa shape index (κ1) is 16.6. The van der Waals surface area contributed by atoms with Crippen LogP contribution in [0.3, 0.4) is 0 Å². The highest BCUT2D eigenvalue weighted by Crippen LogP contribution is 2.42. The summed E-state index contributed by atoms with van der Waals surface area (Å²) in [5.41, 5.74) is 2.15. The maximum absolute atomic E-state index is 13.1. The number of fused-ring (bicyclic) bond motifs is 1. The zero-order valence-corrected chi connectivity index (χ0v) is 15.0. The van der Waals surface area contributed by atoms with E-state index in [1.54, 1.807) is 7.11 Å². The van der Waals surface area contributed by atoms with Gasteiger partial charge in [0.1, 0.15) is 0 Å². The molecule has 2 aromatic rings. The van der Waals surface area contributed by atoms with E-state index in [1.165, 1.54) is 0 Å². The van der Waals surface area contributed by atoms with Crippen LogP contribution in [0.25, 0.3) is 10.9 Å². The predicted molar refractivity (Wildman–Crippen MR) is 96.7 cm³/mol. The Labute approximate surface area is 148 Å². The lowest BCUT2D eigenvalue weighted by molar-refractivity contribution is 0.0281. The lowest BCUT2D eigenvalue weighted by Gasteiger charge is -2.38. The second-order valence-corrected chi connectivity index (χ2v) is 7.56. The van der Waals surface area contributed by atoms with Gasteiger partial charge in [-0.15, -0.1) is 0 Å². The molecule has 134 valence electrons. The van der Waals surface area contributed by atoms with E-state index in [9.17, 15) is 4.79 Å². The fraction of sp³-hybridized carbons (Fsp3) is 0.550. The van der Waals surface area contributed by atoms with E-state index in [1.807, 2.05) is 40.9 Å². The lowest BCUT2D eigenvalue weighted by atomic mass is 9.76. The molecule has 0 bridgehead atoms. The molecule has 1 amide bonds. The highest BCUT2D eigenvalue weighted by Gasteiger charge is 2.43. The van der Waals surface area contributed by atoms with Gasteiger partial charge in [0.25, 0.3) is 5.91 Å². The molecule has 0 aliphatic carbocycles. The minimum Gasteiger partial charge on any atom is -0.382 e. The van der Waals surface area contributed by atoms with Gasteiger partial charge in [0.15, 0.2) is 0 Å². The van der Waals surface area contributed by atoms with Crippen molar-refractivity contribution < 1.29 is 14.3 Å². The molecule has 1 aromatic carbocycles. The number of likely N-dealkylation sites (tertiary alicyclic amines) is 1. The van der Waals surface area contributed by atoms with E-state index < -0.39 is 0 Å². The number of aromatic nitrogens is 1. The van der Waals surface area contributed by atoms with Gasteiger partial charge in [-0.3, -0.25) is 4.79 Å². The number of benzene rings is 1. The smallest absolute Gasteiger partial charge is 0.256 e. The van der Waals surface area contributed by atoms with Crippen molar-refractivity contribution in [1.82, 2.24) is 9.47 Å². The van der Waals surface area contributed by atoms with Crippen molar-refractivity contribution >= 4 is 16.8 Å². The molecule has 2 aliphatic rings. The van der Waals surface area contributed by atoms with Crippen LogP contribution in [0.15, 0.2) is 30.5 Å². The number of carbonyl (C=O) groups excluding carboxylic acids is 1. The second-order valence-electron chi connectivity index (χ2n) is 7.56. The number of rotatable bonds is 3. The molecule has 5 heteroatoms. The molecule has 5 nitrogen and oxygen atoms in total. The first-order valence-electron chi connectivity index (χ1n) is 9.06. The Morgan fingerprint density at radius 2 is 2.08 bits per heavy atom. The van der Waals surface area contributed by atoms with Crippen LogP contribution in [0.2, 0.25) is 0 Å². The summed E-state index contributed by atoms with van der Waals surface area (Å²) in [4.78, 5) is 15.1. The number of para-hydroxylation sites is 1. The number of hydrogen-bond acceptors (Lipinski definition) is 3. The Balaban J connectivity index is 1.46. The van der Waals surface area contributed by atoms with Gasteiger partial charge in [-0.2, -0.15) is 0 Å². The molecule has 3 heterocycles. The maximum atomic E-state index is 13.1. The van der Waals surface area contributed by atoms with Crippen molar-refractivity contribution in [2.75, 3.05) is 33.4 Å². The Morgan fingerprint density at radius 3 is 2.84 bits per heavy atom. The van der Waals surface area contributed by atoms with Crippen LogP contribution in [-0.2, 0) is 16.5 Å². The van der Waals surface area contributed by atoms with Crippen LogP contribution in [0, 0.1) is 5.41 Å². The Bertz CT molecular complexity index is 774. The van der Waals surface area contributed by atoms with Crippen molar-refractivity contribution in [1.29, 1.82) is 0 Å². The number of aryl methyl sites for hydroxylation is 1. The van der Waals surface area contributed by atoms with Crippen molar-refractivity contribution in [3.05, 3.63) is 36.0 Å². The average molecular weight is 342 g/mol. The minimum absolute atomic E-state index is 0.152. The van der Waals surface area contributed by atoms with Gasteiger partial charge < -0.3 is 18.9 Å².